The van der Waals surface area contributed by atoms with E-state index < -0.39 is 53.4 Å². The van der Waals surface area contributed by atoms with Crippen molar-refractivity contribution in [1.29, 1.82) is 0 Å². The van der Waals surface area contributed by atoms with Crippen molar-refractivity contribution in [2.24, 2.45) is 0 Å². The number of aliphatic hydroxyl groups is 2. The van der Waals surface area contributed by atoms with Crippen molar-refractivity contribution in [3.63, 3.8) is 0 Å². The molecule has 0 aliphatic heterocycles. The van der Waals surface area contributed by atoms with Crippen LogP contribution in [-0.2, 0) is 18.3 Å². The molecule has 166 valence electrons. The van der Waals surface area contributed by atoms with Gasteiger partial charge in [0.15, 0.2) is 0 Å². The Labute approximate surface area is 154 Å². The van der Waals surface area contributed by atoms with Crippen LogP contribution in [-0.4, -0.2) is 59.5 Å². The summed E-state index contributed by atoms with van der Waals surface area (Å²) >= 11 is 0. The van der Waals surface area contributed by atoms with E-state index in [0.29, 0.717) is 6.42 Å². The first-order valence-electron chi connectivity index (χ1n) is 7.29. The van der Waals surface area contributed by atoms with Crippen molar-refractivity contribution in [3.05, 3.63) is 0 Å². The molecule has 0 saturated heterocycles. The molecule has 0 heterocycles. The molecular formula is C9H26O14P4. The highest BCUT2D eigenvalue weighted by molar-refractivity contribution is 7.72. The number of hydrogen-bond acceptors (Lipinski definition) is 6. The fourth-order valence-electron chi connectivity index (χ4n) is 1.67. The Morgan fingerprint density at radius 3 is 0.963 bits per heavy atom. The summed E-state index contributed by atoms with van der Waals surface area (Å²) in [4.78, 5) is 69.0. The van der Waals surface area contributed by atoms with E-state index in [-0.39, 0.29) is 12.8 Å². The molecule has 0 radical (unpaired) electrons. The second-order valence-electron chi connectivity index (χ2n) is 5.58. The quantitative estimate of drug-likeness (QED) is 0.193. The molecule has 0 aromatic rings. The van der Waals surface area contributed by atoms with Gasteiger partial charge in [0, 0.05) is 0 Å². The monoisotopic (exact) mass is 482 g/mol. The number of hydrogen-bond donors (Lipinski definition) is 10. The van der Waals surface area contributed by atoms with E-state index in [9.17, 15) is 23.4 Å². The van der Waals surface area contributed by atoms with Crippen LogP contribution in [0.4, 0.5) is 0 Å². The van der Waals surface area contributed by atoms with Crippen molar-refractivity contribution in [1.82, 2.24) is 0 Å². The zero-order chi connectivity index (χ0) is 22.5. The van der Waals surface area contributed by atoms with E-state index in [2.05, 4.69) is 0 Å². The van der Waals surface area contributed by atoms with Gasteiger partial charge in [0.05, 0.1) is 0 Å². The molecule has 14 nitrogen and oxygen atoms in total. The number of unbranched alkanes of at least 4 members (excludes halogenated alkanes) is 1. The van der Waals surface area contributed by atoms with Gasteiger partial charge in [0.25, 0.3) is 10.2 Å². The van der Waals surface area contributed by atoms with Gasteiger partial charge in [-0.15, -0.1) is 0 Å². The third kappa shape index (κ3) is 7.70. The van der Waals surface area contributed by atoms with Crippen LogP contribution in [0.1, 0.15) is 46.0 Å². The molecule has 27 heavy (non-hydrogen) atoms. The summed E-state index contributed by atoms with van der Waals surface area (Å²) in [5.74, 6) is 0. The molecule has 0 amide bonds. The Morgan fingerprint density at radius 1 is 0.556 bits per heavy atom. The van der Waals surface area contributed by atoms with Gasteiger partial charge in [-0.2, -0.15) is 0 Å². The minimum Gasteiger partial charge on any atom is -0.368 e. The lowest BCUT2D eigenvalue weighted by Crippen LogP contribution is -2.28. The molecule has 0 spiro atoms. The molecule has 0 aliphatic rings. The topological polar surface area (TPSA) is 271 Å². The smallest absolute Gasteiger partial charge is 0.368 e. The summed E-state index contributed by atoms with van der Waals surface area (Å²) in [6, 6.07) is 0. The van der Waals surface area contributed by atoms with Crippen LogP contribution in [0.15, 0.2) is 0 Å². The summed E-state index contributed by atoms with van der Waals surface area (Å²) in [6.07, 6.45) is -0.651. The van der Waals surface area contributed by atoms with Crippen molar-refractivity contribution in [2.75, 3.05) is 0 Å². The first-order chi connectivity index (χ1) is 11.6. The van der Waals surface area contributed by atoms with E-state index in [1.54, 1.807) is 6.92 Å². The predicted octanol–water partition coefficient (Wildman–Crippen LogP) is -0.0339. The lowest BCUT2D eigenvalue weighted by molar-refractivity contribution is 0.121. The molecule has 0 rings (SSSR count). The molecule has 0 bridgehead atoms. The highest BCUT2D eigenvalue weighted by Gasteiger charge is 2.59. The second kappa shape index (κ2) is 10.0. The molecule has 18 heteroatoms. The summed E-state index contributed by atoms with van der Waals surface area (Å²) in [6.45, 7) is 3.11. The maximum Gasteiger partial charge on any atom is 0.369 e. The molecule has 10 N–H and O–H groups in total. The standard InChI is InChI=1S/C5H14O7P2.C4H12O7P2/c1-2-3-4-5(6,13(7,8)9)14(10,11)12;1-2-3-4(5,12(6,7)8)13(9,10)11/h6H,2-4H2,1H3,(H2,7,8,9)(H2,10,11,12);5H,2-3H2,1H3,(H2,6,7,8)(H2,9,10,11). The zero-order valence-corrected chi connectivity index (χ0v) is 18.0. The van der Waals surface area contributed by atoms with Gasteiger partial charge in [-0.3, -0.25) is 18.3 Å². The maximum atomic E-state index is 10.8. The van der Waals surface area contributed by atoms with Crippen LogP contribution in [0, 0.1) is 0 Å². The molecular weight excluding hydrogens is 456 g/mol. The molecule has 0 unspecified atom stereocenters. The summed E-state index contributed by atoms with van der Waals surface area (Å²) in [7, 11) is -21.0. The zero-order valence-electron chi connectivity index (χ0n) is 14.4. The minimum atomic E-state index is -5.25. The third-order valence-electron chi connectivity index (χ3n) is 3.32. The molecule has 0 saturated carbocycles. The Morgan fingerprint density at radius 2 is 0.815 bits per heavy atom. The van der Waals surface area contributed by atoms with Crippen molar-refractivity contribution >= 4 is 30.4 Å². The van der Waals surface area contributed by atoms with Crippen LogP contribution >= 0.6 is 30.4 Å². The normalized spacial score (nSPS) is 14.5. The summed E-state index contributed by atoms with van der Waals surface area (Å²) in [5.41, 5.74) is 0. The van der Waals surface area contributed by atoms with Gasteiger partial charge in [-0.1, -0.05) is 26.7 Å². The van der Waals surface area contributed by atoms with E-state index in [1.165, 1.54) is 6.92 Å². The summed E-state index contributed by atoms with van der Waals surface area (Å²) in [5, 5.41) is 12.0. The highest BCUT2D eigenvalue weighted by Crippen LogP contribution is 2.70. The minimum absolute atomic E-state index is 0.0483. The SMILES string of the molecule is CCCC(O)(P(=O)(O)O)P(=O)(O)O.CCCCC(O)(P(=O)(O)O)P(=O)(O)O. The van der Waals surface area contributed by atoms with Crippen LogP contribution in [0.25, 0.3) is 0 Å². The Hall–Kier alpha value is 0.520. The Balaban J connectivity index is 0. The molecule has 0 fully saturated rings. The van der Waals surface area contributed by atoms with Gasteiger partial charge < -0.3 is 49.4 Å². The fraction of sp³-hybridized carbons (Fsp3) is 1.00. The molecule has 0 aromatic heterocycles. The fourth-order valence-corrected chi connectivity index (χ4v) is 6.32. The van der Waals surface area contributed by atoms with Crippen molar-refractivity contribution in [2.45, 2.75) is 56.1 Å². The predicted molar refractivity (Wildman–Crippen MR) is 92.5 cm³/mol. The second-order valence-corrected chi connectivity index (χ2v) is 13.6. The first-order valence-corrected chi connectivity index (χ1v) is 13.7. The first kappa shape index (κ1) is 29.7. The number of rotatable bonds is 9. The van der Waals surface area contributed by atoms with Gasteiger partial charge >= 0.3 is 30.4 Å². The molecule has 0 atom stereocenters. The van der Waals surface area contributed by atoms with Crippen molar-refractivity contribution < 1.29 is 67.6 Å². The van der Waals surface area contributed by atoms with Crippen LogP contribution < -0.4 is 0 Å². The lowest BCUT2D eigenvalue weighted by Gasteiger charge is -2.28. The maximum absolute atomic E-state index is 10.8. The van der Waals surface area contributed by atoms with Gasteiger partial charge in [-0.25, -0.2) is 0 Å². The van der Waals surface area contributed by atoms with Gasteiger partial charge in [0.1, 0.15) is 0 Å². The lowest BCUT2D eigenvalue weighted by atomic mass is 10.3. The average Bonchev–Trinajstić information content (AvgIpc) is 2.40. The third-order valence-corrected chi connectivity index (χ3v) is 11.1. The van der Waals surface area contributed by atoms with Gasteiger partial charge in [0.2, 0.25) is 0 Å². The van der Waals surface area contributed by atoms with E-state index >= 15 is 0 Å². The van der Waals surface area contributed by atoms with Crippen LogP contribution in [0.5, 0.6) is 0 Å². The van der Waals surface area contributed by atoms with Crippen LogP contribution in [0.3, 0.4) is 0 Å². The van der Waals surface area contributed by atoms with E-state index in [0.717, 1.165) is 0 Å². The van der Waals surface area contributed by atoms with E-state index in [4.69, 9.17) is 44.3 Å². The largest absolute Gasteiger partial charge is 0.369 e. The average molecular weight is 482 g/mol. The van der Waals surface area contributed by atoms with E-state index in [1.807, 2.05) is 0 Å². The summed E-state index contributed by atoms with van der Waals surface area (Å²) < 4.78 is 42.8. The molecule has 0 aromatic carbocycles. The highest BCUT2D eigenvalue weighted by atomic mass is 31.2. The van der Waals surface area contributed by atoms with Gasteiger partial charge in [-0.05, 0) is 19.3 Å². The van der Waals surface area contributed by atoms with Crippen LogP contribution in [0.2, 0.25) is 0 Å². The van der Waals surface area contributed by atoms with Crippen molar-refractivity contribution in [3.8, 4) is 0 Å². The molecule has 0 aliphatic carbocycles. The Bertz CT molecular complexity index is 607. The Kier molecular flexibility index (Phi) is 11.0.